The van der Waals surface area contributed by atoms with Crippen molar-refractivity contribution in [3.05, 3.63) is 28.7 Å². The van der Waals surface area contributed by atoms with Crippen molar-refractivity contribution in [3.8, 4) is 0 Å². The van der Waals surface area contributed by atoms with Crippen molar-refractivity contribution < 1.29 is 13.2 Å². The molecule has 2 rings (SSSR count). The van der Waals surface area contributed by atoms with Crippen LogP contribution in [0.4, 0.5) is 0 Å². The minimum atomic E-state index is -3.68. The Morgan fingerprint density at radius 3 is 2.41 bits per heavy atom. The molecule has 7 nitrogen and oxygen atoms in total. The SMILES string of the molecule is CCN(CC)S(=O)(=O)c1ccc(=O)n(CC(=O)N(C)C2CCCCC2C)c1. The summed E-state index contributed by atoms with van der Waals surface area (Å²) in [6, 6.07) is 2.70. The molecule has 8 heteroatoms. The van der Waals surface area contributed by atoms with E-state index in [1.807, 2.05) is 0 Å². The normalized spacial score (nSPS) is 20.6. The molecule has 0 saturated heterocycles. The van der Waals surface area contributed by atoms with Crippen molar-refractivity contribution in [2.75, 3.05) is 20.1 Å². The van der Waals surface area contributed by atoms with Gasteiger partial charge < -0.3 is 9.47 Å². The van der Waals surface area contributed by atoms with E-state index in [1.54, 1.807) is 25.8 Å². The van der Waals surface area contributed by atoms with E-state index in [4.69, 9.17) is 0 Å². The van der Waals surface area contributed by atoms with Crippen LogP contribution in [-0.4, -0.2) is 54.3 Å². The highest BCUT2D eigenvalue weighted by Crippen LogP contribution is 2.27. The van der Waals surface area contributed by atoms with Gasteiger partial charge in [-0.05, 0) is 24.8 Å². The molecule has 2 unspecified atom stereocenters. The van der Waals surface area contributed by atoms with Crippen LogP contribution in [0.3, 0.4) is 0 Å². The largest absolute Gasteiger partial charge is 0.341 e. The Labute approximate surface area is 162 Å². The van der Waals surface area contributed by atoms with Crippen molar-refractivity contribution in [1.82, 2.24) is 13.8 Å². The maximum atomic E-state index is 12.7. The standard InChI is InChI=1S/C19H31N3O4S/c1-5-22(6-2)27(25,26)16-11-12-18(23)21(13-16)14-19(24)20(4)17-10-8-7-9-15(17)3/h11-13,15,17H,5-10,14H2,1-4H3. The molecule has 0 bridgehead atoms. The van der Waals surface area contributed by atoms with Crippen molar-refractivity contribution in [2.45, 2.75) is 63.9 Å². The molecule has 0 spiro atoms. The summed E-state index contributed by atoms with van der Waals surface area (Å²) in [5.41, 5.74) is -0.382. The molecule has 1 saturated carbocycles. The third kappa shape index (κ3) is 4.79. The molecule has 0 radical (unpaired) electrons. The van der Waals surface area contributed by atoms with Gasteiger partial charge in [-0.3, -0.25) is 9.59 Å². The lowest BCUT2D eigenvalue weighted by Crippen LogP contribution is -2.44. The molecule has 1 aliphatic rings. The molecule has 0 aromatic carbocycles. The molecule has 1 fully saturated rings. The van der Waals surface area contributed by atoms with Gasteiger partial charge in [0.1, 0.15) is 6.54 Å². The fourth-order valence-corrected chi connectivity index (χ4v) is 5.29. The number of likely N-dealkylation sites (N-methyl/N-ethyl adjacent to an activating group) is 1. The van der Waals surface area contributed by atoms with Gasteiger partial charge in [-0.15, -0.1) is 0 Å². The molecule has 1 aliphatic carbocycles. The number of hydrogen-bond donors (Lipinski definition) is 0. The molecule has 0 aliphatic heterocycles. The molecule has 1 amide bonds. The fraction of sp³-hybridized carbons (Fsp3) is 0.684. The van der Waals surface area contributed by atoms with Crippen molar-refractivity contribution in [3.63, 3.8) is 0 Å². The minimum absolute atomic E-state index is 0.0345. The first kappa shape index (κ1) is 21.6. The Balaban J connectivity index is 2.23. The highest BCUT2D eigenvalue weighted by molar-refractivity contribution is 7.89. The average Bonchev–Trinajstić information content (AvgIpc) is 2.64. The lowest BCUT2D eigenvalue weighted by Gasteiger charge is -2.36. The Hall–Kier alpha value is -1.67. The highest BCUT2D eigenvalue weighted by atomic mass is 32.2. The second-order valence-electron chi connectivity index (χ2n) is 7.25. The molecule has 152 valence electrons. The predicted octanol–water partition coefficient (Wildman–Crippen LogP) is 1.92. The van der Waals surface area contributed by atoms with Crippen LogP contribution in [0.15, 0.2) is 28.0 Å². The number of rotatable bonds is 7. The monoisotopic (exact) mass is 397 g/mol. The lowest BCUT2D eigenvalue weighted by molar-refractivity contribution is -0.134. The lowest BCUT2D eigenvalue weighted by atomic mass is 9.85. The van der Waals surface area contributed by atoms with Crippen molar-refractivity contribution in [2.24, 2.45) is 5.92 Å². The summed E-state index contributed by atoms with van der Waals surface area (Å²) < 4.78 is 27.9. The summed E-state index contributed by atoms with van der Waals surface area (Å²) in [5.74, 6) is 0.257. The zero-order chi connectivity index (χ0) is 20.2. The number of amides is 1. The zero-order valence-corrected chi connectivity index (χ0v) is 17.5. The summed E-state index contributed by atoms with van der Waals surface area (Å²) >= 11 is 0. The first-order valence-corrected chi connectivity index (χ1v) is 11.1. The maximum absolute atomic E-state index is 12.7. The number of carbonyl (C=O) groups excluding carboxylic acids is 1. The molecule has 1 aromatic heterocycles. The Kier molecular flexibility index (Phi) is 7.22. The van der Waals surface area contributed by atoms with Gasteiger partial charge in [-0.1, -0.05) is 33.6 Å². The topological polar surface area (TPSA) is 79.7 Å². The van der Waals surface area contributed by atoms with E-state index in [0.717, 1.165) is 19.3 Å². The van der Waals surface area contributed by atoms with Crippen molar-refractivity contribution >= 4 is 15.9 Å². The van der Waals surface area contributed by atoms with E-state index in [1.165, 1.54) is 33.6 Å². The third-order valence-corrected chi connectivity index (χ3v) is 7.60. The molecule has 1 aromatic rings. The van der Waals surface area contributed by atoms with Crippen LogP contribution < -0.4 is 5.56 Å². The second-order valence-corrected chi connectivity index (χ2v) is 9.19. The van der Waals surface area contributed by atoms with E-state index < -0.39 is 10.0 Å². The van der Waals surface area contributed by atoms with Gasteiger partial charge >= 0.3 is 0 Å². The van der Waals surface area contributed by atoms with Crippen LogP contribution in [0.5, 0.6) is 0 Å². The van der Waals surface area contributed by atoms with E-state index in [-0.39, 0.29) is 28.9 Å². The second kappa shape index (κ2) is 9.01. The number of aromatic nitrogens is 1. The molecule has 2 atom stereocenters. The van der Waals surface area contributed by atoms with Crippen LogP contribution in [-0.2, 0) is 21.4 Å². The number of nitrogens with zero attached hydrogens (tertiary/aromatic N) is 3. The van der Waals surface area contributed by atoms with E-state index >= 15 is 0 Å². The number of pyridine rings is 1. The smallest absolute Gasteiger partial charge is 0.251 e. The quantitative estimate of drug-likeness (QED) is 0.704. The highest BCUT2D eigenvalue weighted by Gasteiger charge is 2.28. The van der Waals surface area contributed by atoms with Crippen LogP contribution in [0.1, 0.15) is 46.5 Å². The Bertz CT molecular complexity index is 814. The molecular formula is C19H31N3O4S. The Morgan fingerprint density at radius 2 is 1.81 bits per heavy atom. The van der Waals surface area contributed by atoms with Crippen LogP contribution in [0, 0.1) is 5.92 Å². The summed E-state index contributed by atoms with van der Waals surface area (Å²) in [6.45, 7) is 6.22. The van der Waals surface area contributed by atoms with Crippen molar-refractivity contribution in [1.29, 1.82) is 0 Å². The van der Waals surface area contributed by atoms with Gasteiger partial charge in [0, 0.05) is 38.4 Å². The van der Waals surface area contributed by atoms with Gasteiger partial charge in [0.25, 0.3) is 5.56 Å². The van der Waals surface area contributed by atoms with Gasteiger partial charge in [0.15, 0.2) is 0 Å². The van der Waals surface area contributed by atoms with E-state index in [9.17, 15) is 18.0 Å². The van der Waals surface area contributed by atoms with E-state index in [0.29, 0.717) is 19.0 Å². The summed E-state index contributed by atoms with van der Waals surface area (Å²) in [6.07, 6.45) is 5.63. The van der Waals surface area contributed by atoms with Crippen LogP contribution in [0.25, 0.3) is 0 Å². The van der Waals surface area contributed by atoms with Gasteiger partial charge in [-0.2, -0.15) is 4.31 Å². The number of carbonyl (C=O) groups is 1. The Morgan fingerprint density at radius 1 is 1.19 bits per heavy atom. The van der Waals surface area contributed by atoms with Crippen LogP contribution in [0.2, 0.25) is 0 Å². The summed E-state index contributed by atoms with van der Waals surface area (Å²) in [5, 5.41) is 0. The van der Waals surface area contributed by atoms with E-state index in [2.05, 4.69) is 6.92 Å². The average molecular weight is 398 g/mol. The fourth-order valence-electron chi connectivity index (χ4n) is 3.81. The van der Waals surface area contributed by atoms with Gasteiger partial charge in [-0.25, -0.2) is 8.42 Å². The maximum Gasteiger partial charge on any atom is 0.251 e. The number of hydrogen-bond acceptors (Lipinski definition) is 4. The molecule has 0 N–H and O–H groups in total. The van der Waals surface area contributed by atoms with Gasteiger partial charge in [0.2, 0.25) is 15.9 Å². The number of sulfonamides is 1. The molecular weight excluding hydrogens is 366 g/mol. The zero-order valence-electron chi connectivity index (χ0n) is 16.7. The summed E-state index contributed by atoms with van der Waals surface area (Å²) in [7, 11) is -1.90. The third-order valence-electron chi connectivity index (χ3n) is 5.56. The van der Waals surface area contributed by atoms with Gasteiger partial charge in [0.05, 0.1) is 4.90 Å². The molecule has 27 heavy (non-hydrogen) atoms. The minimum Gasteiger partial charge on any atom is -0.341 e. The van der Waals surface area contributed by atoms with Crippen LogP contribution >= 0.6 is 0 Å². The first-order valence-electron chi connectivity index (χ1n) is 9.68. The molecule has 1 heterocycles. The first-order chi connectivity index (χ1) is 12.7. The summed E-state index contributed by atoms with van der Waals surface area (Å²) in [4.78, 5) is 26.7. The predicted molar refractivity (Wildman–Crippen MR) is 105 cm³/mol.